The van der Waals surface area contributed by atoms with Crippen LogP contribution in [0.15, 0.2) is 22.7 Å². The van der Waals surface area contributed by atoms with E-state index in [9.17, 15) is 4.79 Å². The maximum Gasteiger partial charge on any atom is 0.253 e. The monoisotopic (exact) mass is 337 g/mol. The SMILES string of the molecule is CC(Cl)CC(C)NC(=O)c1cc(Br)ccc1Cl. The Labute approximate surface area is 120 Å². The second-order valence-electron chi connectivity index (χ2n) is 4.02. The number of rotatable bonds is 4. The molecule has 0 heterocycles. The number of hydrogen-bond donors (Lipinski definition) is 1. The lowest BCUT2D eigenvalue weighted by molar-refractivity contribution is 0.0938. The van der Waals surface area contributed by atoms with Gasteiger partial charge in [-0.15, -0.1) is 11.6 Å². The van der Waals surface area contributed by atoms with Crippen LogP contribution < -0.4 is 5.32 Å². The average molecular weight is 339 g/mol. The van der Waals surface area contributed by atoms with Gasteiger partial charge in [0.25, 0.3) is 5.91 Å². The summed E-state index contributed by atoms with van der Waals surface area (Å²) in [5, 5.41) is 3.34. The lowest BCUT2D eigenvalue weighted by Gasteiger charge is -2.15. The number of amides is 1. The van der Waals surface area contributed by atoms with Gasteiger partial charge in [-0.05, 0) is 38.5 Å². The number of carbonyl (C=O) groups is 1. The Kier molecular flexibility index (Phi) is 5.77. The Balaban J connectivity index is 2.73. The first-order valence-corrected chi connectivity index (χ1v) is 6.91. The predicted molar refractivity (Wildman–Crippen MR) is 76.0 cm³/mol. The normalized spacial score (nSPS) is 14.2. The highest BCUT2D eigenvalue weighted by Gasteiger charge is 2.14. The van der Waals surface area contributed by atoms with Crippen LogP contribution in [0.5, 0.6) is 0 Å². The molecule has 2 nitrogen and oxygen atoms in total. The maximum absolute atomic E-state index is 12.0. The standard InChI is InChI=1S/C12H14BrCl2NO/c1-7(14)5-8(2)16-12(17)10-6-9(13)3-4-11(10)15/h3-4,6-8H,5H2,1-2H3,(H,16,17). The van der Waals surface area contributed by atoms with Crippen LogP contribution in [0, 0.1) is 0 Å². The molecule has 5 heteroatoms. The van der Waals surface area contributed by atoms with Gasteiger partial charge in [0.15, 0.2) is 0 Å². The van der Waals surface area contributed by atoms with E-state index in [0.29, 0.717) is 10.6 Å². The minimum absolute atomic E-state index is 0.0186. The van der Waals surface area contributed by atoms with Crippen LogP contribution in [-0.2, 0) is 0 Å². The van der Waals surface area contributed by atoms with Gasteiger partial charge in [0.2, 0.25) is 0 Å². The molecule has 0 spiro atoms. The topological polar surface area (TPSA) is 29.1 Å². The van der Waals surface area contributed by atoms with Gasteiger partial charge >= 0.3 is 0 Å². The number of halogens is 3. The Bertz CT molecular complexity index is 409. The summed E-state index contributed by atoms with van der Waals surface area (Å²) in [7, 11) is 0. The number of nitrogens with one attached hydrogen (secondary N) is 1. The van der Waals surface area contributed by atoms with Gasteiger partial charge in [0, 0.05) is 15.9 Å². The first kappa shape index (κ1) is 14.8. The summed E-state index contributed by atoms with van der Waals surface area (Å²) in [4.78, 5) is 12.0. The second-order valence-corrected chi connectivity index (χ2v) is 6.08. The molecule has 1 amide bonds. The summed E-state index contributed by atoms with van der Waals surface area (Å²) in [6.45, 7) is 3.82. The highest BCUT2D eigenvalue weighted by Crippen LogP contribution is 2.21. The Morgan fingerprint density at radius 2 is 2.12 bits per heavy atom. The summed E-state index contributed by atoms with van der Waals surface area (Å²) in [5.74, 6) is -0.180. The Hall–Kier alpha value is -0.250. The molecule has 17 heavy (non-hydrogen) atoms. The molecule has 0 aromatic heterocycles. The van der Waals surface area contributed by atoms with E-state index in [1.807, 2.05) is 13.8 Å². The van der Waals surface area contributed by atoms with Gasteiger partial charge < -0.3 is 5.32 Å². The molecule has 0 saturated carbocycles. The molecular formula is C12H14BrCl2NO. The first-order chi connectivity index (χ1) is 7.90. The number of carbonyl (C=O) groups excluding carboxylic acids is 1. The molecule has 0 aliphatic rings. The van der Waals surface area contributed by atoms with E-state index in [1.54, 1.807) is 18.2 Å². The van der Waals surface area contributed by atoms with Crippen molar-refractivity contribution in [2.75, 3.05) is 0 Å². The van der Waals surface area contributed by atoms with E-state index >= 15 is 0 Å². The third kappa shape index (κ3) is 4.86. The van der Waals surface area contributed by atoms with E-state index in [4.69, 9.17) is 23.2 Å². The highest BCUT2D eigenvalue weighted by atomic mass is 79.9. The molecule has 1 aromatic rings. The van der Waals surface area contributed by atoms with Crippen LogP contribution in [0.4, 0.5) is 0 Å². The molecule has 1 aromatic carbocycles. The van der Waals surface area contributed by atoms with Crippen LogP contribution >= 0.6 is 39.1 Å². The zero-order valence-electron chi connectivity index (χ0n) is 9.64. The van der Waals surface area contributed by atoms with Gasteiger partial charge in [-0.2, -0.15) is 0 Å². The summed E-state index contributed by atoms with van der Waals surface area (Å²) >= 11 is 15.2. The minimum atomic E-state index is -0.180. The van der Waals surface area contributed by atoms with E-state index in [1.165, 1.54) is 0 Å². The Morgan fingerprint density at radius 1 is 1.47 bits per heavy atom. The van der Waals surface area contributed by atoms with Gasteiger partial charge in [0.05, 0.1) is 10.6 Å². The van der Waals surface area contributed by atoms with Crippen LogP contribution in [0.1, 0.15) is 30.6 Å². The molecule has 0 radical (unpaired) electrons. The van der Waals surface area contributed by atoms with Gasteiger partial charge in [-0.1, -0.05) is 27.5 Å². The van der Waals surface area contributed by atoms with Crippen molar-refractivity contribution in [3.8, 4) is 0 Å². The summed E-state index contributed by atoms with van der Waals surface area (Å²) in [6.07, 6.45) is 0.721. The van der Waals surface area contributed by atoms with Crippen molar-refractivity contribution in [1.82, 2.24) is 5.32 Å². The zero-order valence-corrected chi connectivity index (χ0v) is 12.7. The molecule has 0 aliphatic heterocycles. The van der Waals surface area contributed by atoms with Crippen LogP contribution in [0.25, 0.3) is 0 Å². The maximum atomic E-state index is 12.0. The third-order valence-electron chi connectivity index (χ3n) is 2.23. The van der Waals surface area contributed by atoms with E-state index in [-0.39, 0.29) is 17.3 Å². The van der Waals surface area contributed by atoms with E-state index < -0.39 is 0 Å². The smallest absolute Gasteiger partial charge is 0.253 e. The number of alkyl halides is 1. The van der Waals surface area contributed by atoms with Crippen molar-refractivity contribution >= 4 is 45.0 Å². The quantitative estimate of drug-likeness (QED) is 0.817. The fraction of sp³-hybridized carbons (Fsp3) is 0.417. The summed E-state index contributed by atoms with van der Waals surface area (Å²) in [5.41, 5.74) is 0.468. The van der Waals surface area contributed by atoms with E-state index in [0.717, 1.165) is 10.9 Å². The van der Waals surface area contributed by atoms with Crippen molar-refractivity contribution in [3.63, 3.8) is 0 Å². The summed E-state index contributed by atoms with van der Waals surface area (Å²) < 4.78 is 0.824. The molecular weight excluding hydrogens is 325 g/mol. The molecule has 1 rings (SSSR count). The van der Waals surface area contributed by atoms with Crippen LogP contribution in [0.3, 0.4) is 0 Å². The van der Waals surface area contributed by atoms with Crippen molar-refractivity contribution in [3.05, 3.63) is 33.3 Å². The largest absolute Gasteiger partial charge is 0.349 e. The predicted octanol–water partition coefficient (Wildman–Crippen LogP) is 4.24. The zero-order chi connectivity index (χ0) is 13.0. The van der Waals surface area contributed by atoms with Gasteiger partial charge in [-0.25, -0.2) is 0 Å². The number of benzene rings is 1. The van der Waals surface area contributed by atoms with Crippen molar-refractivity contribution in [2.24, 2.45) is 0 Å². The number of hydrogen-bond acceptors (Lipinski definition) is 1. The fourth-order valence-corrected chi connectivity index (χ4v) is 2.35. The highest BCUT2D eigenvalue weighted by molar-refractivity contribution is 9.10. The molecule has 1 N–H and O–H groups in total. The van der Waals surface area contributed by atoms with Gasteiger partial charge in [0.1, 0.15) is 0 Å². The third-order valence-corrected chi connectivity index (χ3v) is 3.23. The minimum Gasteiger partial charge on any atom is -0.349 e. The molecule has 0 fully saturated rings. The molecule has 2 atom stereocenters. The van der Waals surface area contributed by atoms with Crippen LogP contribution in [0.2, 0.25) is 5.02 Å². The van der Waals surface area contributed by atoms with Gasteiger partial charge in [-0.3, -0.25) is 4.79 Å². The molecule has 2 unspecified atom stereocenters. The molecule has 0 aliphatic carbocycles. The fourth-order valence-electron chi connectivity index (χ4n) is 1.52. The Morgan fingerprint density at radius 3 is 2.71 bits per heavy atom. The molecule has 0 bridgehead atoms. The van der Waals surface area contributed by atoms with Crippen molar-refractivity contribution in [1.29, 1.82) is 0 Å². The average Bonchev–Trinajstić information content (AvgIpc) is 2.20. The second kappa shape index (κ2) is 6.62. The first-order valence-electron chi connectivity index (χ1n) is 5.30. The van der Waals surface area contributed by atoms with Crippen LogP contribution in [-0.4, -0.2) is 17.3 Å². The molecule has 0 saturated heterocycles. The van der Waals surface area contributed by atoms with Crippen molar-refractivity contribution in [2.45, 2.75) is 31.7 Å². The van der Waals surface area contributed by atoms with Crippen molar-refractivity contribution < 1.29 is 4.79 Å². The lowest BCUT2D eigenvalue weighted by atomic mass is 10.1. The van der Waals surface area contributed by atoms with E-state index in [2.05, 4.69) is 21.2 Å². The molecule has 94 valence electrons. The summed E-state index contributed by atoms with van der Waals surface area (Å²) in [6, 6.07) is 5.21. The lowest BCUT2D eigenvalue weighted by Crippen LogP contribution is -2.34.